The van der Waals surface area contributed by atoms with E-state index in [1.165, 1.54) is 11.8 Å². The van der Waals surface area contributed by atoms with E-state index in [4.69, 9.17) is 0 Å². The zero-order valence-corrected chi connectivity index (χ0v) is 14.9. The van der Waals surface area contributed by atoms with Crippen molar-refractivity contribution in [2.45, 2.75) is 50.6 Å². The topological polar surface area (TPSA) is 54.9 Å². The minimum absolute atomic E-state index is 0.0153. The van der Waals surface area contributed by atoms with Crippen molar-refractivity contribution >= 4 is 17.7 Å². The maximum absolute atomic E-state index is 12.5. The van der Waals surface area contributed by atoms with Gasteiger partial charge in [0.15, 0.2) is 5.16 Å². The van der Waals surface area contributed by atoms with E-state index < -0.39 is 0 Å². The summed E-state index contributed by atoms with van der Waals surface area (Å²) in [6, 6.07) is 11.9. The predicted octanol–water partition coefficient (Wildman–Crippen LogP) is 3.84. The van der Waals surface area contributed by atoms with Crippen LogP contribution < -0.4 is 5.32 Å². The molecule has 0 radical (unpaired) electrons. The zero-order chi connectivity index (χ0) is 16.8. The van der Waals surface area contributed by atoms with Gasteiger partial charge in [-0.1, -0.05) is 49.0 Å². The number of rotatable bonds is 6. The number of hydrogen-bond donors (Lipinski definition) is 1. The lowest BCUT2D eigenvalue weighted by Crippen LogP contribution is -2.34. The molecule has 1 N–H and O–H groups in total. The smallest absolute Gasteiger partial charge is 0.234 e. The van der Waals surface area contributed by atoms with Crippen molar-refractivity contribution in [2.24, 2.45) is 0 Å². The number of aromatic nitrogens is 2. The Hall–Kier alpha value is -1.88. The summed E-state index contributed by atoms with van der Waals surface area (Å²) in [5.74, 6) is 0.0246. The van der Waals surface area contributed by atoms with Crippen molar-refractivity contribution in [2.75, 3.05) is 0 Å². The molecule has 23 heavy (non-hydrogen) atoms. The molecule has 0 fully saturated rings. The molecule has 1 heterocycles. The Morgan fingerprint density at radius 3 is 2.35 bits per heavy atom. The highest BCUT2D eigenvalue weighted by atomic mass is 32.2. The largest absolute Gasteiger partial charge is 0.349 e. The van der Waals surface area contributed by atoms with Crippen molar-refractivity contribution in [3.8, 4) is 0 Å². The van der Waals surface area contributed by atoms with Gasteiger partial charge in [-0.2, -0.15) is 0 Å². The number of carbonyl (C=O) groups excluding carboxylic acids is 1. The van der Waals surface area contributed by atoms with Crippen molar-refractivity contribution in [1.82, 2.24) is 15.3 Å². The van der Waals surface area contributed by atoms with Crippen molar-refractivity contribution < 1.29 is 4.79 Å². The molecule has 0 saturated heterocycles. The average Bonchev–Trinajstić information content (AvgIpc) is 2.52. The molecule has 122 valence electrons. The summed E-state index contributed by atoms with van der Waals surface area (Å²) < 4.78 is 0. The number of nitrogens with zero attached hydrogens (tertiary/aromatic N) is 2. The SMILES string of the molecule is CC[C@@H](Sc1nc(C)cc(C)n1)C(=O)N[C@@H](C)c1ccccc1. The molecular formula is C18H23N3OS. The molecule has 0 unspecified atom stereocenters. The van der Waals surface area contributed by atoms with Gasteiger partial charge in [-0.15, -0.1) is 0 Å². The first-order chi connectivity index (χ1) is 11.0. The normalized spacial score (nSPS) is 13.4. The molecule has 1 aromatic heterocycles. The Morgan fingerprint density at radius 1 is 1.17 bits per heavy atom. The standard InChI is InChI=1S/C18H23N3OS/c1-5-16(23-18-19-12(2)11-13(3)20-18)17(22)21-14(4)15-9-7-6-8-10-15/h6-11,14,16H,5H2,1-4H3,(H,21,22)/t14-,16+/m0/s1. The number of carbonyl (C=O) groups is 1. The molecule has 0 saturated carbocycles. The second kappa shape index (κ2) is 8.11. The molecule has 0 spiro atoms. The van der Waals surface area contributed by atoms with E-state index >= 15 is 0 Å². The number of aryl methyl sites for hydroxylation is 2. The molecule has 2 atom stereocenters. The first-order valence-corrected chi connectivity index (χ1v) is 8.71. The van der Waals surface area contributed by atoms with Gasteiger partial charge in [0.1, 0.15) is 0 Å². The van der Waals surface area contributed by atoms with Crippen LogP contribution in [0.3, 0.4) is 0 Å². The van der Waals surface area contributed by atoms with E-state index in [0.29, 0.717) is 5.16 Å². The van der Waals surface area contributed by atoms with E-state index in [1.807, 2.05) is 64.1 Å². The minimum Gasteiger partial charge on any atom is -0.349 e. The van der Waals surface area contributed by atoms with Gasteiger partial charge in [0, 0.05) is 11.4 Å². The first kappa shape index (κ1) is 17.5. The summed E-state index contributed by atoms with van der Waals surface area (Å²) in [7, 11) is 0. The lowest BCUT2D eigenvalue weighted by atomic mass is 10.1. The van der Waals surface area contributed by atoms with E-state index in [9.17, 15) is 4.79 Å². The van der Waals surface area contributed by atoms with Gasteiger partial charge in [0.05, 0.1) is 11.3 Å². The number of nitrogens with one attached hydrogen (secondary N) is 1. The Kier molecular flexibility index (Phi) is 6.16. The maximum Gasteiger partial charge on any atom is 0.234 e. The third-order valence-electron chi connectivity index (χ3n) is 3.53. The summed E-state index contributed by atoms with van der Waals surface area (Å²) in [6.07, 6.45) is 0.731. The number of thioether (sulfide) groups is 1. The van der Waals surface area contributed by atoms with Crippen molar-refractivity contribution in [3.63, 3.8) is 0 Å². The molecule has 1 amide bonds. The lowest BCUT2D eigenvalue weighted by Gasteiger charge is -2.19. The third-order valence-corrected chi connectivity index (χ3v) is 4.76. The van der Waals surface area contributed by atoms with E-state index in [2.05, 4.69) is 15.3 Å². The fourth-order valence-electron chi connectivity index (χ4n) is 2.33. The molecule has 2 aromatic rings. The van der Waals surface area contributed by atoms with E-state index in [0.717, 1.165) is 23.4 Å². The van der Waals surface area contributed by atoms with Crippen LogP contribution in [0.15, 0.2) is 41.6 Å². The van der Waals surface area contributed by atoms with Crippen LogP contribution in [0.5, 0.6) is 0 Å². The summed E-state index contributed by atoms with van der Waals surface area (Å²) in [6.45, 7) is 7.89. The van der Waals surface area contributed by atoms with E-state index in [-0.39, 0.29) is 17.2 Å². The van der Waals surface area contributed by atoms with Crippen molar-refractivity contribution in [1.29, 1.82) is 0 Å². The second-order valence-electron chi connectivity index (χ2n) is 5.59. The highest BCUT2D eigenvalue weighted by molar-refractivity contribution is 8.00. The van der Waals surface area contributed by atoms with Crippen LogP contribution in [0, 0.1) is 13.8 Å². The molecule has 0 aliphatic carbocycles. The highest BCUT2D eigenvalue weighted by Gasteiger charge is 2.21. The Bertz CT molecular complexity index is 640. The molecule has 0 aliphatic rings. The Labute approximate surface area is 142 Å². The van der Waals surface area contributed by atoms with Gasteiger partial charge >= 0.3 is 0 Å². The van der Waals surface area contributed by atoms with Crippen LogP contribution in [0.1, 0.15) is 43.3 Å². The highest BCUT2D eigenvalue weighted by Crippen LogP contribution is 2.24. The first-order valence-electron chi connectivity index (χ1n) is 7.84. The monoisotopic (exact) mass is 329 g/mol. The fourth-order valence-corrected chi connectivity index (χ4v) is 3.32. The minimum atomic E-state index is -0.192. The Morgan fingerprint density at radius 2 is 1.78 bits per heavy atom. The fraction of sp³-hybridized carbons (Fsp3) is 0.389. The van der Waals surface area contributed by atoms with Gasteiger partial charge < -0.3 is 5.32 Å². The predicted molar refractivity (Wildman–Crippen MR) is 94.4 cm³/mol. The number of benzene rings is 1. The molecule has 5 heteroatoms. The van der Waals surface area contributed by atoms with Crippen LogP contribution in [0.25, 0.3) is 0 Å². The average molecular weight is 329 g/mol. The number of hydrogen-bond acceptors (Lipinski definition) is 4. The quantitative estimate of drug-likeness (QED) is 0.646. The van der Waals surface area contributed by atoms with Gasteiger partial charge in [0.2, 0.25) is 5.91 Å². The van der Waals surface area contributed by atoms with Gasteiger partial charge in [-0.3, -0.25) is 4.79 Å². The van der Waals surface area contributed by atoms with Crippen LogP contribution in [-0.4, -0.2) is 21.1 Å². The molecule has 1 aromatic carbocycles. The van der Waals surface area contributed by atoms with Crippen molar-refractivity contribution in [3.05, 3.63) is 53.3 Å². The van der Waals surface area contributed by atoms with Gasteiger partial charge in [0.25, 0.3) is 0 Å². The van der Waals surface area contributed by atoms with Gasteiger partial charge in [-0.05, 0) is 38.8 Å². The molecule has 4 nitrogen and oxygen atoms in total. The summed E-state index contributed by atoms with van der Waals surface area (Å²) in [4.78, 5) is 21.4. The van der Waals surface area contributed by atoms with Crippen LogP contribution in [0.2, 0.25) is 0 Å². The van der Waals surface area contributed by atoms with E-state index in [1.54, 1.807) is 0 Å². The van der Waals surface area contributed by atoms with Crippen LogP contribution >= 0.6 is 11.8 Å². The second-order valence-corrected chi connectivity index (χ2v) is 6.76. The molecule has 0 aliphatic heterocycles. The summed E-state index contributed by atoms with van der Waals surface area (Å²) >= 11 is 1.43. The summed E-state index contributed by atoms with van der Waals surface area (Å²) in [5.41, 5.74) is 2.95. The van der Waals surface area contributed by atoms with Crippen LogP contribution in [-0.2, 0) is 4.79 Å². The summed E-state index contributed by atoms with van der Waals surface area (Å²) in [5, 5.41) is 3.55. The Balaban J connectivity index is 2.03. The molecule has 2 rings (SSSR count). The lowest BCUT2D eigenvalue weighted by molar-refractivity contribution is -0.121. The zero-order valence-electron chi connectivity index (χ0n) is 14.0. The number of amides is 1. The molecule has 0 bridgehead atoms. The molecular weight excluding hydrogens is 306 g/mol. The third kappa shape index (κ3) is 5.06. The van der Waals surface area contributed by atoms with Crippen LogP contribution in [0.4, 0.5) is 0 Å². The van der Waals surface area contributed by atoms with Gasteiger partial charge in [-0.25, -0.2) is 9.97 Å². The maximum atomic E-state index is 12.5.